The number of amides is 1. The molecule has 0 heterocycles. The Morgan fingerprint density at radius 1 is 1.42 bits per heavy atom. The lowest BCUT2D eigenvalue weighted by atomic mass is 10.1. The number of hydrogen-bond donors (Lipinski definition) is 3. The number of carbonyl (C=O) groups is 1. The quantitative estimate of drug-likeness (QED) is 0.538. The van der Waals surface area contributed by atoms with E-state index in [-0.39, 0.29) is 11.7 Å². The molecule has 0 spiro atoms. The molecule has 0 fully saturated rings. The summed E-state index contributed by atoms with van der Waals surface area (Å²) >= 11 is 0. The molecule has 1 unspecified atom stereocenters. The van der Waals surface area contributed by atoms with Gasteiger partial charge in [-0.15, -0.1) is 0 Å². The predicted molar refractivity (Wildman–Crippen MR) is 75.6 cm³/mol. The molecule has 0 aliphatic carbocycles. The van der Waals surface area contributed by atoms with E-state index in [1.165, 1.54) is 0 Å². The van der Waals surface area contributed by atoms with E-state index >= 15 is 0 Å². The van der Waals surface area contributed by atoms with Crippen LogP contribution in [0.15, 0.2) is 18.2 Å². The first kappa shape index (κ1) is 15.5. The largest absolute Gasteiger partial charge is 0.348 e. The Morgan fingerprint density at radius 2 is 2.05 bits per heavy atom. The number of carbonyl (C=O) groups excluding carboxylic acids is 1. The van der Waals surface area contributed by atoms with Gasteiger partial charge in [0.2, 0.25) is 0 Å². The molecule has 19 heavy (non-hydrogen) atoms. The molecule has 0 aliphatic rings. The van der Waals surface area contributed by atoms with Crippen LogP contribution in [0.1, 0.15) is 22.8 Å². The van der Waals surface area contributed by atoms with Crippen molar-refractivity contribution in [3.63, 3.8) is 0 Å². The molecule has 0 bridgehead atoms. The van der Waals surface area contributed by atoms with Crippen molar-refractivity contribution in [3.8, 4) is 0 Å². The van der Waals surface area contributed by atoms with Gasteiger partial charge in [0.05, 0.1) is 17.0 Å². The third-order valence-electron chi connectivity index (χ3n) is 2.51. The lowest BCUT2D eigenvalue weighted by molar-refractivity contribution is 0.0944. The van der Waals surface area contributed by atoms with Crippen LogP contribution in [0.25, 0.3) is 0 Å². The first-order valence-corrected chi connectivity index (χ1v) is 7.85. The van der Waals surface area contributed by atoms with Crippen LogP contribution >= 0.6 is 0 Å². The minimum absolute atomic E-state index is 0.101. The molecule has 0 saturated carbocycles. The number of anilines is 1. The van der Waals surface area contributed by atoms with E-state index in [2.05, 4.69) is 10.7 Å². The molecule has 0 radical (unpaired) electrons. The Morgan fingerprint density at radius 3 is 2.58 bits per heavy atom. The van der Waals surface area contributed by atoms with E-state index in [1.54, 1.807) is 19.1 Å². The third-order valence-corrected chi connectivity index (χ3v) is 3.61. The summed E-state index contributed by atoms with van der Waals surface area (Å²) in [6, 6.07) is 4.75. The number of benzene rings is 1. The van der Waals surface area contributed by atoms with Crippen molar-refractivity contribution in [2.24, 2.45) is 5.84 Å². The number of nitrogens with two attached hydrogens (primary N) is 1. The lowest BCUT2D eigenvalue weighted by Crippen LogP contribution is -2.37. The van der Waals surface area contributed by atoms with Crippen LogP contribution in [0.2, 0.25) is 0 Å². The van der Waals surface area contributed by atoms with Crippen molar-refractivity contribution in [2.45, 2.75) is 19.9 Å². The molecule has 1 aromatic rings. The summed E-state index contributed by atoms with van der Waals surface area (Å²) in [5.74, 6) is 4.89. The summed E-state index contributed by atoms with van der Waals surface area (Å²) in [7, 11) is -3.13. The summed E-state index contributed by atoms with van der Waals surface area (Å²) < 4.78 is 22.3. The van der Waals surface area contributed by atoms with Gasteiger partial charge in [-0.05, 0) is 26.0 Å². The second-order valence-corrected chi connectivity index (χ2v) is 6.85. The Bertz CT molecular complexity index is 570. The first-order chi connectivity index (χ1) is 8.73. The van der Waals surface area contributed by atoms with Crippen molar-refractivity contribution in [2.75, 3.05) is 17.4 Å². The van der Waals surface area contributed by atoms with Crippen molar-refractivity contribution >= 4 is 21.4 Å². The van der Waals surface area contributed by atoms with Crippen molar-refractivity contribution < 1.29 is 13.2 Å². The van der Waals surface area contributed by atoms with E-state index in [0.717, 1.165) is 11.8 Å². The van der Waals surface area contributed by atoms with Crippen LogP contribution < -0.4 is 16.6 Å². The van der Waals surface area contributed by atoms with E-state index in [9.17, 15) is 13.2 Å². The van der Waals surface area contributed by atoms with Gasteiger partial charge in [0.15, 0.2) is 0 Å². The average molecular weight is 285 g/mol. The fraction of sp³-hybridized carbons (Fsp3) is 0.417. The molecule has 106 valence electrons. The van der Waals surface area contributed by atoms with Crippen LogP contribution in [-0.2, 0) is 9.84 Å². The Hall–Kier alpha value is -1.60. The SMILES string of the molecule is Cc1ccc(NN)c(C(=O)NC(C)CS(C)(=O)=O)c1. The molecule has 4 N–H and O–H groups in total. The van der Waals surface area contributed by atoms with Crippen LogP contribution in [0.4, 0.5) is 5.69 Å². The van der Waals surface area contributed by atoms with Crippen LogP contribution in [-0.4, -0.2) is 32.4 Å². The molecular formula is C12H19N3O3S. The van der Waals surface area contributed by atoms with Crippen LogP contribution in [0.3, 0.4) is 0 Å². The highest BCUT2D eigenvalue weighted by Crippen LogP contribution is 2.16. The fourth-order valence-electron chi connectivity index (χ4n) is 1.77. The molecule has 1 aromatic carbocycles. The van der Waals surface area contributed by atoms with Gasteiger partial charge in [0.25, 0.3) is 5.91 Å². The van der Waals surface area contributed by atoms with Gasteiger partial charge in [0, 0.05) is 12.3 Å². The van der Waals surface area contributed by atoms with E-state index < -0.39 is 15.9 Å². The minimum Gasteiger partial charge on any atom is -0.348 e. The van der Waals surface area contributed by atoms with Gasteiger partial charge in [0.1, 0.15) is 9.84 Å². The van der Waals surface area contributed by atoms with E-state index in [1.807, 2.05) is 13.0 Å². The van der Waals surface area contributed by atoms with E-state index in [4.69, 9.17) is 5.84 Å². The highest BCUT2D eigenvalue weighted by atomic mass is 32.2. The summed E-state index contributed by atoms with van der Waals surface area (Å²) in [5, 5.41) is 2.64. The number of hydrazine groups is 1. The molecule has 1 rings (SSSR count). The van der Waals surface area contributed by atoms with Gasteiger partial charge in [-0.25, -0.2) is 8.42 Å². The second kappa shape index (κ2) is 6.03. The molecule has 0 saturated heterocycles. The zero-order valence-electron chi connectivity index (χ0n) is 11.2. The number of hydrogen-bond acceptors (Lipinski definition) is 5. The Kier molecular flexibility index (Phi) is 4.90. The summed E-state index contributed by atoms with van der Waals surface area (Å²) in [6.07, 6.45) is 1.13. The maximum absolute atomic E-state index is 12.1. The molecule has 7 heteroatoms. The fourth-order valence-corrected chi connectivity index (χ4v) is 2.76. The maximum Gasteiger partial charge on any atom is 0.253 e. The van der Waals surface area contributed by atoms with Crippen molar-refractivity contribution in [1.29, 1.82) is 0 Å². The highest BCUT2D eigenvalue weighted by Gasteiger charge is 2.16. The maximum atomic E-state index is 12.1. The zero-order valence-corrected chi connectivity index (χ0v) is 12.0. The van der Waals surface area contributed by atoms with Crippen LogP contribution in [0, 0.1) is 6.92 Å². The van der Waals surface area contributed by atoms with Gasteiger partial charge < -0.3 is 10.7 Å². The smallest absolute Gasteiger partial charge is 0.253 e. The average Bonchev–Trinajstić information content (AvgIpc) is 2.26. The molecular weight excluding hydrogens is 266 g/mol. The number of nitrogens with one attached hydrogen (secondary N) is 2. The second-order valence-electron chi connectivity index (χ2n) is 4.66. The summed E-state index contributed by atoms with van der Waals surface area (Å²) in [4.78, 5) is 12.1. The van der Waals surface area contributed by atoms with Crippen molar-refractivity contribution in [1.82, 2.24) is 5.32 Å². The molecule has 1 amide bonds. The first-order valence-electron chi connectivity index (χ1n) is 5.79. The summed E-state index contributed by atoms with van der Waals surface area (Å²) in [5.41, 5.74) is 4.25. The van der Waals surface area contributed by atoms with Gasteiger partial charge >= 0.3 is 0 Å². The Labute approximate surface area is 113 Å². The van der Waals surface area contributed by atoms with Gasteiger partial charge in [-0.1, -0.05) is 11.6 Å². The van der Waals surface area contributed by atoms with Gasteiger partial charge in [-0.3, -0.25) is 10.6 Å². The monoisotopic (exact) mass is 285 g/mol. The third kappa shape index (κ3) is 4.88. The molecule has 6 nitrogen and oxygen atoms in total. The molecule has 1 atom stereocenters. The topological polar surface area (TPSA) is 101 Å². The number of nitrogen functional groups attached to an aromatic ring is 1. The number of aryl methyl sites for hydroxylation is 1. The standard InChI is InChI=1S/C12H19N3O3S/c1-8-4-5-11(15-13)10(6-8)12(16)14-9(2)7-19(3,17)18/h4-6,9,15H,7,13H2,1-3H3,(H,14,16). The van der Waals surface area contributed by atoms with E-state index in [0.29, 0.717) is 11.3 Å². The van der Waals surface area contributed by atoms with Crippen LogP contribution in [0.5, 0.6) is 0 Å². The zero-order chi connectivity index (χ0) is 14.6. The lowest BCUT2D eigenvalue weighted by Gasteiger charge is -2.15. The molecule has 0 aromatic heterocycles. The summed E-state index contributed by atoms with van der Waals surface area (Å²) in [6.45, 7) is 3.50. The number of sulfone groups is 1. The molecule has 0 aliphatic heterocycles. The van der Waals surface area contributed by atoms with Crippen molar-refractivity contribution in [3.05, 3.63) is 29.3 Å². The normalized spacial score (nSPS) is 12.8. The Balaban J connectivity index is 2.86. The highest BCUT2D eigenvalue weighted by molar-refractivity contribution is 7.90. The van der Waals surface area contributed by atoms with Gasteiger partial charge in [-0.2, -0.15) is 0 Å². The minimum atomic E-state index is -3.13. The number of rotatable bonds is 5. The predicted octanol–water partition coefficient (Wildman–Crippen LogP) is 0.444.